The van der Waals surface area contributed by atoms with Gasteiger partial charge >= 0.3 is 0 Å². The molecule has 0 bridgehead atoms. The molecule has 0 saturated carbocycles. The third-order valence-electron chi connectivity index (χ3n) is 4.58. The number of hydrogen-bond donors (Lipinski definition) is 2. The summed E-state index contributed by atoms with van der Waals surface area (Å²) in [6.07, 6.45) is 7.39. The molecule has 0 spiro atoms. The first-order valence-electron chi connectivity index (χ1n) is 8.38. The number of likely N-dealkylation sites (tertiary alicyclic amines) is 1. The SMILES string of the molecule is O=C(CN1CCCCC(O)C1=O)Nc1cc2c(cn1)CCCC2. The number of hydrogen-bond acceptors (Lipinski definition) is 4. The number of fused-ring (bicyclic) bond motifs is 1. The lowest BCUT2D eigenvalue weighted by Gasteiger charge is -2.21. The quantitative estimate of drug-likeness (QED) is 0.879. The van der Waals surface area contributed by atoms with Gasteiger partial charge in [-0.25, -0.2) is 4.98 Å². The number of aliphatic hydroxyl groups is 1. The number of nitrogens with zero attached hydrogens (tertiary/aromatic N) is 2. The van der Waals surface area contributed by atoms with Gasteiger partial charge in [0.2, 0.25) is 5.91 Å². The maximum atomic E-state index is 12.2. The van der Waals surface area contributed by atoms with E-state index < -0.39 is 6.10 Å². The number of carbonyl (C=O) groups excluding carboxylic acids is 2. The Morgan fingerprint density at radius 2 is 2.04 bits per heavy atom. The second-order valence-corrected chi connectivity index (χ2v) is 6.36. The van der Waals surface area contributed by atoms with Crippen LogP contribution in [0.1, 0.15) is 43.2 Å². The van der Waals surface area contributed by atoms with Crippen LogP contribution < -0.4 is 5.32 Å². The number of aryl methyl sites for hydroxylation is 2. The molecule has 0 aromatic carbocycles. The van der Waals surface area contributed by atoms with Crippen molar-refractivity contribution in [3.8, 4) is 0 Å². The highest BCUT2D eigenvalue weighted by Crippen LogP contribution is 2.22. The summed E-state index contributed by atoms with van der Waals surface area (Å²) >= 11 is 0. The number of nitrogens with one attached hydrogen (secondary N) is 1. The molecule has 2 heterocycles. The maximum absolute atomic E-state index is 12.2. The van der Waals surface area contributed by atoms with Crippen molar-refractivity contribution in [1.82, 2.24) is 9.88 Å². The van der Waals surface area contributed by atoms with Crippen molar-refractivity contribution in [2.24, 2.45) is 0 Å². The van der Waals surface area contributed by atoms with Gasteiger partial charge in [-0.1, -0.05) is 0 Å². The Labute approximate surface area is 135 Å². The van der Waals surface area contributed by atoms with E-state index in [0.29, 0.717) is 18.8 Å². The summed E-state index contributed by atoms with van der Waals surface area (Å²) in [5.74, 6) is -0.0785. The summed E-state index contributed by atoms with van der Waals surface area (Å²) in [4.78, 5) is 29.9. The van der Waals surface area contributed by atoms with Gasteiger partial charge in [0.15, 0.2) is 0 Å². The molecule has 2 N–H and O–H groups in total. The largest absolute Gasteiger partial charge is 0.383 e. The van der Waals surface area contributed by atoms with Gasteiger partial charge in [-0.2, -0.15) is 0 Å². The van der Waals surface area contributed by atoms with E-state index in [4.69, 9.17) is 0 Å². The van der Waals surface area contributed by atoms with Crippen molar-refractivity contribution in [2.45, 2.75) is 51.0 Å². The summed E-state index contributed by atoms with van der Waals surface area (Å²) in [6, 6.07) is 1.94. The monoisotopic (exact) mass is 317 g/mol. The van der Waals surface area contributed by atoms with E-state index in [9.17, 15) is 14.7 Å². The second kappa shape index (κ2) is 7.08. The topological polar surface area (TPSA) is 82.5 Å². The molecule has 3 rings (SSSR count). The number of pyridine rings is 1. The lowest BCUT2D eigenvalue weighted by molar-refractivity contribution is -0.141. The van der Waals surface area contributed by atoms with Gasteiger partial charge in [-0.05, 0) is 62.1 Å². The van der Waals surface area contributed by atoms with E-state index in [2.05, 4.69) is 10.3 Å². The normalized spacial score (nSPS) is 21.5. The standard InChI is InChI=1S/C17H23N3O3/c21-14-7-3-4-8-20(17(14)23)11-16(22)19-15-9-12-5-1-2-6-13(12)10-18-15/h9-10,14,21H,1-8,11H2,(H,18,19,22). The van der Waals surface area contributed by atoms with Crippen LogP contribution in [0.2, 0.25) is 0 Å². The Kier molecular flexibility index (Phi) is 4.91. The smallest absolute Gasteiger partial charge is 0.251 e. The zero-order chi connectivity index (χ0) is 16.2. The molecular weight excluding hydrogens is 294 g/mol. The van der Waals surface area contributed by atoms with Crippen LogP contribution in [0.15, 0.2) is 12.3 Å². The molecule has 124 valence electrons. The van der Waals surface area contributed by atoms with Crippen LogP contribution in [-0.2, 0) is 22.4 Å². The summed E-state index contributed by atoms with van der Waals surface area (Å²) < 4.78 is 0. The van der Waals surface area contributed by atoms with Crippen LogP contribution >= 0.6 is 0 Å². The Balaban J connectivity index is 1.61. The van der Waals surface area contributed by atoms with Crippen molar-refractivity contribution in [2.75, 3.05) is 18.4 Å². The van der Waals surface area contributed by atoms with Gasteiger partial charge in [0.1, 0.15) is 11.9 Å². The van der Waals surface area contributed by atoms with Crippen LogP contribution in [0, 0.1) is 0 Å². The molecule has 1 unspecified atom stereocenters. The van der Waals surface area contributed by atoms with E-state index in [1.54, 1.807) is 0 Å². The maximum Gasteiger partial charge on any atom is 0.251 e. The zero-order valence-corrected chi connectivity index (χ0v) is 13.3. The number of anilines is 1. The van der Waals surface area contributed by atoms with Gasteiger partial charge in [-0.3, -0.25) is 9.59 Å². The fourth-order valence-corrected chi connectivity index (χ4v) is 3.28. The van der Waals surface area contributed by atoms with Crippen molar-refractivity contribution in [1.29, 1.82) is 0 Å². The number of rotatable bonds is 3. The Hall–Kier alpha value is -1.95. The first kappa shape index (κ1) is 15.9. The van der Waals surface area contributed by atoms with E-state index in [1.807, 2.05) is 12.3 Å². The first-order valence-corrected chi connectivity index (χ1v) is 8.38. The lowest BCUT2D eigenvalue weighted by Crippen LogP contribution is -2.42. The van der Waals surface area contributed by atoms with Crippen LogP contribution in [-0.4, -0.2) is 46.0 Å². The molecule has 1 aliphatic heterocycles. The minimum atomic E-state index is -0.979. The van der Waals surface area contributed by atoms with E-state index in [1.165, 1.54) is 28.9 Å². The van der Waals surface area contributed by atoms with Gasteiger partial charge in [0.05, 0.1) is 6.54 Å². The summed E-state index contributed by atoms with van der Waals surface area (Å²) in [6.45, 7) is 0.482. The molecule has 1 fully saturated rings. The number of aromatic nitrogens is 1. The molecule has 1 aromatic heterocycles. The number of amides is 2. The molecule has 1 atom stereocenters. The molecule has 1 aliphatic carbocycles. The molecular formula is C17H23N3O3. The molecule has 23 heavy (non-hydrogen) atoms. The summed E-state index contributed by atoms with van der Waals surface area (Å²) in [5, 5.41) is 12.5. The molecule has 2 amide bonds. The third-order valence-corrected chi connectivity index (χ3v) is 4.58. The molecule has 6 nitrogen and oxygen atoms in total. The predicted octanol–water partition coefficient (Wildman–Crippen LogP) is 1.27. The molecule has 2 aliphatic rings. The minimum absolute atomic E-state index is 0.0331. The number of carbonyl (C=O) groups is 2. The van der Waals surface area contributed by atoms with Gasteiger partial charge in [-0.15, -0.1) is 0 Å². The van der Waals surface area contributed by atoms with Crippen LogP contribution in [0.3, 0.4) is 0 Å². The summed E-state index contributed by atoms with van der Waals surface area (Å²) in [7, 11) is 0. The number of aliphatic hydroxyl groups excluding tert-OH is 1. The predicted molar refractivity (Wildman–Crippen MR) is 85.9 cm³/mol. The lowest BCUT2D eigenvalue weighted by atomic mass is 9.93. The average Bonchev–Trinajstić information content (AvgIpc) is 2.70. The van der Waals surface area contributed by atoms with Crippen molar-refractivity contribution in [3.05, 3.63) is 23.4 Å². The van der Waals surface area contributed by atoms with Crippen LogP contribution in [0.4, 0.5) is 5.82 Å². The van der Waals surface area contributed by atoms with Crippen LogP contribution in [0.25, 0.3) is 0 Å². The third kappa shape index (κ3) is 3.88. The Morgan fingerprint density at radius 1 is 1.26 bits per heavy atom. The van der Waals surface area contributed by atoms with E-state index in [-0.39, 0.29) is 18.4 Å². The zero-order valence-electron chi connectivity index (χ0n) is 13.3. The summed E-state index contributed by atoms with van der Waals surface area (Å²) in [5.41, 5.74) is 2.52. The Morgan fingerprint density at radius 3 is 2.87 bits per heavy atom. The van der Waals surface area contributed by atoms with Crippen molar-refractivity contribution >= 4 is 17.6 Å². The van der Waals surface area contributed by atoms with E-state index >= 15 is 0 Å². The van der Waals surface area contributed by atoms with Gasteiger partial charge in [0.25, 0.3) is 5.91 Å². The van der Waals surface area contributed by atoms with Gasteiger partial charge < -0.3 is 15.3 Å². The molecule has 6 heteroatoms. The highest BCUT2D eigenvalue weighted by atomic mass is 16.3. The highest BCUT2D eigenvalue weighted by molar-refractivity contribution is 5.94. The van der Waals surface area contributed by atoms with E-state index in [0.717, 1.165) is 25.7 Å². The molecule has 0 radical (unpaired) electrons. The molecule has 1 saturated heterocycles. The minimum Gasteiger partial charge on any atom is -0.383 e. The van der Waals surface area contributed by atoms with Crippen LogP contribution in [0.5, 0.6) is 0 Å². The van der Waals surface area contributed by atoms with Crippen molar-refractivity contribution in [3.63, 3.8) is 0 Å². The second-order valence-electron chi connectivity index (χ2n) is 6.36. The highest BCUT2D eigenvalue weighted by Gasteiger charge is 2.26. The fraction of sp³-hybridized carbons (Fsp3) is 0.588. The molecule has 1 aromatic rings. The van der Waals surface area contributed by atoms with Crippen molar-refractivity contribution < 1.29 is 14.7 Å². The average molecular weight is 317 g/mol. The Bertz CT molecular complexity index is 603. The van der Waals surface area contributed by atoms with Gasteiger partial charge in [0, 0.05) is 12.7 Å². The first-order chi connectivity index (χ1) is 11.1. The fourth-order valence-electron chi connectivity index (χ4n) is 3.28.